The van der Waals surface area contributed by atoms with Crippen molar-refractivity contribution in [2.75, 3.05) is 14.2 Å². The van der Waals surface area contributed by atoms with Crippen molar-refractivity contribution in [1.82, 2.24) is 4.90 Å². The highest BCUT2D eigenvalue weighted by atomic mass is 32.2. The van der Waals surface area contributed by atoms with E-state index in [0.717, 1.165) is 27.1 Å². The maximum Gasteiger partial charge on any atom is 0.165 e. The molecule has 0 aliphatic carbocycles. The minimum Gasteiger partial charge on any atom is -0.497 e. The normalized spacial score (nSPS) is 17.0. The van der Waals surface area contributed by atoms with E-state index in [0.29, 0.717) is 0 Å². The Morgan fingerprint density at radius 2 is 1.96 bits per heavy atom. The van der Waals surface area contributed by atoms with E-state index >= 15 is 0 Å². The van der Waals surface area contributed by atoms with Crippen LogP contribution in [0.1, 0.15) is 18.4 Å². The first-order chi connectivity index (χ1) is 11.1. The Bertz CT molecular complexity index is 810. The van der Waals surface area contributed by atoms with E-state index in [9.17, 15) is 4.79 Å². The number of carbonyl (C=O) groups excluding carboxylic acids is 1. The lowest BCUT2D eigenvalue weighted by Crippen LogP contribution is -2.10. The highest BCUT2D eigenvalue weighted by Gasteiger charge is 2.17. The van der Waals surface area contributed by atoms with Gasteiger partial charge in [0.2, 0.25) is 0 Å². The van der Waals surface area contributed by atoms with Crippen molar-refractivity contribution in [1.29, 1.82) is 0 Å². The number of benzene rings is 2. The van der Waals surface area contributed by atoms with E-state index < -0.39 is 0 Å². The molecule has 0 radical (unpaired) electrons. The van der Waals surface area contributed by atoms with Gasteiger partial charge in [0.15, 0.2) is 5.78 Å². The molecular weight excluding hydrogens is 306 g/mol. The van der Waals surface area contributed by atoms with E-state index in [1.807, 2.05) is 60.8 Å². The fraction of sp³-hybridized carbons (Fsp3) is 0.211. The Balaban J connectivity index is 1.85. The molecule has 1 aliphatic rings. The summed E-state index contributed by atoms with van der Waals surface area (Å²) >= 11 is 1.57. The van der Waals surface area contributed by atoms with E-state index in [4.69, 9.17) is 4.74 Å². The minimum atomic E-state index is -0.163. The Morgan fingerprint density at radius 3 is 2.65 bits per heavy atom. The topological polar surface area (TPSA) is 29.5 Å². The van der Waals surface area contributed by atoms with Gasteiger partial charge in [-0.2, -0.15) is 0 Å². The summed E-state index contributed by atoms with van der Waals surface area (Å²) < 4.78 is 5.25. The number of hydrogen-bond acceptors (Lipinski definition) is 4. The number of ether oxygens (including phenoxy) is 1. The van der Waals surface area contributed by atoms with Crippen molar-refractivity contribution in [2.24, 2.45) is 0 Å². The van der Waals surface area contributed by atoms with Crippen molar-refractivity contribution < 1.29 is 9.53 Å². The lowest BCUT2D eigenvalue weighted by Gasteiger charge is -2.13. The predicted octanol–water partition coefficient (Wildman–Crippen LogP) is 4.51. The summed E-state index contributed by atoms with van der Waals surface area (Å²) in [5.41, 5.74) is 1.03. The molecule has 3 nitrogen and oxygen atoms in total. The number of nitrogens with zero attached hydrogens (tertiary/aromatic N) is 1. The van der Waals surface area contributed by atoms with Gasteiger partial charge in [-0.05, 0) is 33.9 Å². The van der Waals surface area contributed by atoms with Crippen LogP contribution in [0.5, 0.6) is 5.75 Å². The Morgan fingerprint density at radius 1 is 1.22 bits per heavy atom. The molecular formula is C19H19NO2S. The molecule has 4 heteroatoms. The largest absolute Gasteiger partial charge is 0.497 e. The second-order valence-electron chi connectivity index (χ2n) is 5.59. The molecule has 2 aromatic carbocycles. The van der Waals surface area contributed by atoms with Crippen LogP contribution in [0.2, 0.25) is 0 Å². The molecule has 3 rings (SSSR count). The molecule has 118 valence electrons. The maximum atomic E-state index is 12.5. The SMILES string of the molecule is COc1ccc2cc([C@H](C)C(=O)/C=C3/SC=CN3C)ccc2c1. The second kappa shape index (κ2) is 6.50. The zero-order valence-electron chi connectivity index (χ0n) is 13.4. The van der Waals surface area contributed by atoms with Gasteiger partial charge in [-0.15, -0.1) is 0 Å². The van der Waals surface area contributed by atoms with E-state index in [2.05, 4.69) is 6.07 Å². The fourth-order valence-electron chi connectivity index (χ4n) is 2.53. The number of carbonyl (C=O) groups is 1. The van der Waals surface area contributed by atoms with Gasteiger partial charge in [0.05, 0.1) is 12.1 Å². The van der Waals surface area contributed by atoms with Crippen LogP contribution in [-0.4, -0.2) is 24.8 Å². The molecule has 0 unspecified atom stereocenters. The molecule has 0 saturated heterocycles. The number of rotatable bonds is 4. The molecule has 1 heterocycles. The van der Waals surface area contributed by atoms with Crippen LogP contribution < -0.4 is 4.74 Å². The lowest BCUT2D eigenvalue weighted by atomic mass is 9.94. The summed E-state index contributed by atoms with van der Waals surface area (Å²) in [6.07, 6.45) is 3.69. The summed E-state index contributed by atoms with van der Waals surface area (Å²) in [7, 11) is 3.61. The van der Waals surface area contributed by atoms with Crippen LogP contribution in [0.3, 0.4) is 0 Å². The first-order valence-electron chi connectivity index (χ1n) is 7.48. The fourth-order valence-corrected chi connectivity index (χ4v) is 3.33. The van der Waals surface area contributed by atoms with Crippen molar-refractivity contribution in [3.8, 4) is 5.75 Å². The quantitative estimate of drug-likeness (QED) is 0.774. The maximum absolute atomic E-state index is 12.5. The monoisotopic (exact) mass is 325 g/mol. The number of thioether (sulfide) groups is 1. The molecule has 0 spiro atoms. The van der Waals surface area contributed by atoms with E-state index in [1.54, 1.807) is 24.9 Å². The van der Waals surface area contributed by atoms with Gasteiger partial charge in [0, 0.05) is 25.2 Å². The Labute approximate surface area is 140 Å². The molecule has 0 bridgehead atoms. The first-order valence-corrected chi connectivity index (χ1v) is 8.36. The average Bonchev–Trinajstić information content (AvgIpc) is 2.98. The van der Waals surface area contributed by atoms with Crippen LogP contribution >= 0.6 is 11.8 Å². The van der Waals surface area contributed by atoms with Crippen molar-refractivity contribution in [3.63, 3.8) is 0 Å². The van der Waals surface area contributed by atoms with Crippen LogP contribution in [0.25, 0.3) is 10.8 Å². The lowest BCUT2D eigenvalue weighted by molar-refractivity contribution is -0.115. The average molecular weight is 325 g/mol. The third-order valence-corrected chi connectivity index (χ3v) is 4.99. The number of ketones is 1. The van der Waals surface area contributed by atoms with Crippen LogP contribution in [-0.2, 0) is 4.79 Å². The van der Waals surface area contributed by atoms with Crippen LogP contribution in [0.4, 0.5) is 0 Å². The zero-order chi connectivity index (χ0) is 16.4. The van der Waals surface area contributed by atoms with Gasteiger partial charge < -0.3 is 9.64 Å². The molecule has 1 atom stereocenters. The number of allylic oxidation sites excluding steroid dienone is 1. The summed E-state index contributed by atoms with van der Waals surface area (Å²) in [5, 5.41) is 5.17. The second-order valence-corrected chi connectivity index (χ2v) is 6.52. The molecule has 0 amide bonds. The molecule has 0 N–H and O–H groups in total. The van der Waals surface area contributed by atoms with Gasteiger partial charge in [-0.1, -0.05) is 43.0 Å². The van der Waals surface area contributed by atoms with E-state index in [1.165, 1.54) is 0 Å². The third-order valence-electron chi connectivity index (χ3n) is 4.08. The van der Waals surface area contributed by atoms with Gasteiger partial charge in [0.1, 0.15) is 5.75 Å². The van der Waals surface area contributed by atoms with Crippen LogP contribution in [0.15, 0.2) is 59.1 Å². The van der Waals surface area contributed by atoms with Gasteiger partial charge in [0.25, 0.3) is 0 Å². The summed E-state index contributed by atoms with van der Waals surface area (Å²) in [6.45, 7) is 1.96. The standard InChI is InChI=1S/C19H19NO2S/c1-13(18(21)12-19-20(2)8-9-23-19)14-4-5-16-11-17(22-3)7-6-15(16)10-14/h4-13H,1-3H3/b19-12+/t13-/m0/s1. The Kier molecular flexibility index (Phi) is 4.44. The van der Waals surface area contributed by atoms with Crippen molar-refractivity contribution >= 4 is 28.3 Å². The smallest absolute Gasteiger partial charge is 0.165 e. The number of hydrogen-bond donors (Lipinski definition) is 0. The summed E-state index contributed by atoms with van der Waals surface area (Å²) in [4.78, 5) is 14.5. The Hall–Kier alpha value is -2.20. The zero-order valence-corrected chi connectivity index (χ0v) is 14.3. The molecule has 23 heavy (non-hydrogen) atoms. The summed E-state index contributed by atoms with van der Waals surface area (Å²) in [5.74, 6) is 0.799. The number of fused-ring (bicyclic) bond motifs is 1. The van der Waals surface area contributed by atoms with E-state index in [-0.39, 0.29) is 11.7 Å². The summed E-state index contributed by atoms with van der Waals surface area (Å²) in [6, 6.07) is 12.1. The highest BCUT2D eigenvalue weighted by Crippen LogP contribution is 2.30. The van der Waals surface area contributed by atoms with Gasteiger partial charge >= 0.3 is 0 Å². The number of methoxy groups -OCH3 is 1. The van der Waals surface area contributed by atoms with Crippen molar-refractivity contribution in [2.45, 2.75) is 12.8 Å². The molecule has 0 aromatic heterocycles. The molecule has 1 aliphatic heterocycles. The van der Waals surface area contributed by atoms with Crippen molar-refractivity contribution in [3.05, 3.63) is 64.7 Å². The highest BCUT2D eigenvalue weighted by molar-refractivity contribution is 8.06. The third kappa shape index (κ3) is 3.27. The minimum absolute atomic E-state index is 0.121. The first kappa shape index (κ1) is 15.7. The van der Waals surface area contributed by atoms with Gasteiger partial charge in [-0.3, -0.25) is 4.79 Å². The predicted molar refractivity (Wildman–Crippen MR) is 96.5 cm³/mol. The molecule has 0 fully saturated rings. The molecule has 0 saturated carbocycles. The molecule has 2 aromatic rings. The van der Waals surface area contributed by atoms with Gasteiger partial charge in [-0.25, -0.2) is 0 Å². The van der Waals surface area contributed by atoms with Crippen LogP contribution in [0, 0.1) is 0 Å².